The number of nitrogens with two attached hydrogens (primary N) is 1. The Bertz CT molecular complexity index is 386. The molecule has 0 aromatic rings. The standard InChI is InChI=1S/C11H23N3O3S/c1-9(2)14(8-7-11(12)13-15)18(16,17)10-5-3-4-6-10/h9-10,15H,3-8H2,1-2H3,(H2,12,13). The molecule has 0 atom stereocenters. The highest BCUT2D eigenvalue weighted by Gasteiger charge is 2.35. The second-order valence-electron chi connectivity index (χ2n) is 5.00. The summed E-state index contributed by atoms with van der Waals surface area (Å²) in [6.45, 7) is 3.96. The van der Waals surface area contributed by atoms with Crippen LogP contribution in [0.15, 0.2) is 5.16 Å². The second kappa shape index (κ2) is 6.38. The van der Waals surface area contributed by atoms with Crippen LogP contribution in [0.1, 0.15) is 46.0 Å². The van der Waals surface area contributed by atoms with Gasteiger partial charge in [0.2, 0.25) is 10.0 Å². The summed E-state index contributed by atoms with van der Waals surface area (Å²) in [6.07, 6.45) is 3.71. The van der Waals surface area contributed by atoms with Gasteiger partial charge in [0.15, 0.2) is 0 Å². The van der Waals surface area contributed by atoms with Crippen LogP contribution in [0.2, 0.25) is 0 Å². The van der Waals surface area contributed by atoms with Crippen LogP contribution in [-0.2, 0) is 10.0 Å². The van der Waals surface area contributed by atoms with E-state index in [4.69, 9.17) is 10.9 Å². The molecule has 1 aliphatic carbocycles. The lowest BCUT2D eigenvalue weighted by atomic mass is 10.3. The van der Waals surface area contributed by atoms with Crippen molar-refractivity contribution in [1.82, 2.24) is 4.31 Å². The van der Waals surface area contributed by atoms with Gasteiger partial charge in [-0.15, -0.1) is 0 Å². The van der Waals surface area contributed by atoms with Crippen LogP contribution < -0.4 is 5.73 Å². The van der Waals surface area contributed by atoms with Crippen LogP contribution >= 0.6 is 0 Å². The molecule has 3 N–H and O–H groups in total. The first-order valence-electron chi connectivity index (χ1n) is 6.36. The number of sulfonamides is 1. The molecule has 0 amide bonds. The summed E-state index contributed by atoms with van der Waals surface area (Å²) in [7, 11) is -3.26. The quantitative estimate of drug-likeness (QED) is 0.329. The van der Waals surface area contributed by atoms with Crippen molar-refractivity contribution in [3.63, 3.8) is 0 Å². The van der Waals surface area contributed by atoms with Crippen LogP contribution in [0, 0.1) is 0 Å². The van der Waals surface area contributed by atoms with Crippen LogP contribution in [0.4, 0.5) is 0 Å². The molecule has 0 radical (unpaired) electrons. The topological polar surface area (TPSA) is 96.0 Å². The summed E-state index contributed by atoms with van der Waals surface area (Å²) in [5, 5.41) is 11.1. The summed E-state index contributed by atoms with van der Waals surface area (Å²) >= 11 is 0. The van der Waals surface area contributed by atoms with E-state index in [0.717, 1.165) is 25.7 Å². The molecule has 0 saturated heterocycles. The summed E-state index contributed by atoms with van der Waals surface area (Å²) < 4.78 is 26.4. The molecule has 1 rings (SSSR count). The maximum atomic E-state index is 12.5. The molecular weight excluding hydrogens is 254 g/mol. The Morgan fingerprint density at radius 2 is 2.00 bits per heavy atom. The Morgan fingerprint density at radius 1 is 1.44 bits per heavy atom. The Labute approximate surface area is 109 Å². The fraction of sp³-hybridized carbons (Fsp3) is 0.909. The van der Waals surface area contributed by atoms with Gasteiger partial charge in [0.25, 0.3) is 0 Å². The SMILES string of the molecule is CC(C)N(CCC(N)=NO)S(=O)(=O)C1CCCC1. The third kappa shape index (κ3) is 3.58. The Hall–Kier alpha value is -0.820. The van der Waals surface area contributed by atoms with E-state index in [1.165, 1.54) is 4.31 Å². The van der Waals surface area contributed by atoms with Gasteiger partial charge < -0.3 is 10.9 Å². The first kappa shape index (κ1) is 15.2. The van der Waals surface area contributed by atoms with Gasteiger partial charge in [0.05, 0.1) is 5.25 Å². The lowest BCUT2D eigenvalue weighted by molar-refractivity contribution is 0.313. The van der Waals surface area contributed by atoms with Crippen molar-refractivity contribution in [3.05, 3.63) is 0 Å². The summed E-state index contributed by atoms with van der Waals surface area (Å²) in [4.78, 5) is 0. The molecule has 106 valence electrons. The van der Waals surface area contributed by atoms with E-state index in [1.807, 2.05) is 13.8 Å². The first-order chi connectivity index (χ1) is 8.39. The molecule has 6 nitrogen and oxygen atoms in total. The fourth-order valence-electron chi connectivity index (χ4n) is 2.33. The minimum atomic E-state index is -3.26. The van der Waals surface area contributed by atoms with Crippen LogP contribution in [-0.4, -0.2) is 41.6 Å². The third-order valence-electron chi connectivity index (χ3n) is 3.34. The molecule has 0 aromatic carbocycles. The van der Waals surface area contributed by atoms with Crippen molar-refractivity contribution in [1.29, 1.82) is 0 Å². The molecule has 0 aromatic heterocycles. The Balaban J connectivity index is 2.77. The zero-order valence-corrected chi connectivity index (χ0v) is 11.9. The lowest BCUT2D eigenvalue weighted by Gasteiger charge is -2.28. The van der Waals surface area contributed by atoms with Gasteiger partial charge in [0, 0.05) is 19.0 Å². The third-order valence-corrected chi connectivity index (χ3v) is 5.91. The number of hydrogen-bond acceptors (Lipinski definition) is 4. The van der Waals surface area contributed by atoms with Crippen LogP contribution in [0.3, 0.4) is 0 Å². The molecule has 1 fully saturated rings. The van der Waals surface area contributed by atoms with Crippen LogP contribution in [0.5, 0.6) is 0 Å². The van der Waals surface area contributed by atoms with Crippen molar-refractivity contribution < 1.29 is 13.6 Å². The van der Waals surface area contributed by atoms with E-state index in [2.05, 4.69) is 5.16 Å². The van der Waals surface area contributed by atoms with Gasteiger partial charge in [-0.05, 0) is 26.7 Å². The predicted octanol–water partition coefficient (Wildman–Crippen LogP) is 1.11. The van der Waals surface area contributed by atoms with Gasteiger partial charge in [-0.25, -0.2) is 8.42 Å². The highest BCUT2D eigenvalue weighted by molar-refractivity contribution is 7.89. The summed E-state index contributed by atoms with van der Waals surface area (Å²) in [5.41, 5.74) is 5.40. The zero-order valence-electron chi connectivity index (χ0n) is 11.0. The lowest BCUT2D eigenvalue weighted by Crippen LogP contribution is -2.43. The van der Waals surface area contributed by atoms with Gasteiger partial charge in [-0.2, -0.15) is 4.31 Å². The summed E-state index contributed by atoms with van der Waals surface area (Å²) in [5.74, 6) is 0.0577. The smallest absolute Gasteiger partial charge is 0.217 e. The van der Waals surface area contributed by atoms with E-state index >= 15 is 0 Å². The number of oxime groups is 1. The average molecular weight is 277 g/mol. The fourth-order valence-corrected chi connectivity index (χ4v) is 4.58. The molecule has 0 unspecified atom stereocenters. The van der Waals surface area contributed by atoms with Crippen molar-refractivity contribution >= 4 is 15.9 Å². The molecule has 0 heterocycles. The Morgan fingerprint density at radius 3 is 2.44 bits per heavy atom. The average Bonchev–Trinajstić information content (AvgIpc) is 2.82. The molecule has 0 spiro atoms. The maximum Gasteiger partial charge on any atom is 0.217 e. The molecular formula is C11H23N3O3S. The van der Waals surface area contributed by atoms with Gasteiger partial charge in [-0.1, -0.05) is 18.0 Å². The number of hydrogen-bond donors (Lipinski definition) is 2. The van der Waals surface area contributed by atoms with E-state index in [9.17, 15) is 8.42 Å². The van der Waals surface area contributed by atoms with Crippen molar-refractivity contribution in [3.8, 4) is 0 Å². The molecule has 0 bridgehead atoms. The summed E-state index contributed by atoms with van der Waals surface area (Å²) in [6, 6.07) is -0.109. The van der Waals surface area contributed by atoms with E-state index in [0.29, 0.717) is 0 Å². The highest BCUT2D eigenvalue weighted by Crippen LogP contribution is 2.28. The molecule has 0 aliphatic heterocycles. The van der Waals surface area contributed by atoms with Crippen molar-refractivity contribution in [2.24, 2.45) is 10.9 Å². The monoisotopic (exact) mass is 277 g/mol. The van der Waals surface area contributed by atoms with Crippen LogP contribution in [0.25, 0.3) is 0 Å². The largest absolute Gasteiger partial charge is 0.409 e. The number of nitrogens with zero attached hydrogens (tertiary/aromatic N) is 2. The van der Waals surface area contributed by atoms with E-state index in [1.54, 1.807) is 0 Å². The number of rotatable bonds is 6. The normalized spacial score (nSPS) is 19.0. The number of amidine groups is 1. The predicted molar refractivity (Wildman–Crippen MR) is 71.0 cm³/mol. The minimum Gasteiger partial charge on any atom is -0.409 e. The van der Waals surface area contributed by atoms with Crippen molar-refractivity contribution in [2.45, 2.75) is 57.2 Å². The van der Waals surface area contributed by atoms with Gasteiger partial charge in [0.1, 0.15) is 5.84 Å². The first-order valence-corrected chi connectivity index (χ1v) is 7.87. The van der Waals surface area contributed by atoms with Gasteiger partial charge >= 0.3 is 0 Å². The highest BCUT2D eigenvalue weighted by atomic mass is 32.2. The molecule has 18 heavy (non-hydrogen) atoms. The molecule has 7 heteroatoms. The van der Waals surface area contributed by atoms with Crippen molar-refractivity contribution in [2.75, 3.05) is 6.54 Å². The van der Waals surface area contributed by atoms with Gasteiger partial charge in [-0.3, -0.25) is 0 Å². The van der Waals surface area contributed by atoms with E-state index < -0.39 is 10.0 Å². The Kier molecular flexibility index (Phi) is 5.40. The second-order valence-corrected chi connectivity index (χ2v) is 7.16. The zero-order chi connectivity index (χ0) is 13.8. The molecule has 1 aliphatic rings. The maximum absolute atomic E-state index is 12.5. The van der Waals surface area contributed by atoms with E-state index in [-0.39, 0.29) is 30.1 Å². The minimum absolute atomic E-state index is 0.0577. The molecule has 1 saturated carbocycles.